The highest BCUT2D eigenvalue weighted by Gasteiger charge is 2.34. The van der Waals surface area contributed by atoms with Crippen LogP contribution in [0.5, 0.6) is 0 Å². The van der Waals surface area contributed by atoms with Crippen molar-refractivity contribution in [3.63, 3.8) is 0 Å². The molecule has 2 fully saturated rings. The lowest BCUT2D eigenvalue weighted by molar-refractivity contribution is 0.116. The van der Waals surface area contributed by atoms with Crippen LogP contribution in [0.3, 0.4) is 0 Å². The number of hydrogen-bond donors (Lipinski definition) is 1. The maximum atomic E-state index is 4.52. The molecule has 3 heterocycles. The molecule has 3 nitrogen and oxygen atoms in total. The maximum Gasteiger partial charge on any atom is 0.0544 e. The third kappa shape index (κ3) is 2.35. The van der Waals surface area contributed by atoms with E-state index in [0.717, 1.165) is 25.0 Å². The molecule has 0 aliphatic carbocycles. The highest BCUT2D eigenvalue weighted by Crippen LogP contribution is 2.27. The first-order valence-corrected chi connectivity index (χ1v) is 6.69. The fourth-order valence-electron chi connectivity index (χ4n) is 3.16. The van der Waals surface area contributed by atoms with Gasteiger partial charge in [-0.3, -0.25) is 9.88 Å². The summed E-state index contributed by atoms with van der Waals surface area (Å²) in [6.45, 7) is 6.72. The second-order valence-electron chi connectivity index (χ2n) is 5.43. The summed E-state index contributed by atoms with van der Waals surface area (Å²) < 4.78 is 0. The number of nitrogens with zero attached hydrogens (tertiary/aromatic N) is 2. The fraction of sp³-hybridized carbons (Fsp3) is 0.643. The smallest absolute Gasteiger partial charge is 0.0544 e. The minimum absolute atomic E-state index is 0.742. The Morgan fingerprint density at radius 3 is 3.18 bits per heavy atom. The summed E-state index contributed by atoms with van der Waals surface area (Å²) in [7, 11) is 0. The van der Waals surface area contributed by atoms with Crippen LogP contribution in [0.4, 0.5) is 0 Å². The molecule has 2 atom stereocenters. The number of aromatic nitrogens is 1. The Hall–Kier alpha value is -0.930. The quantitative estimate of drug-likeness (QED) is 0.837. The number of nitrogens with one attached hydrogen (secondary N) is 1. The van der Waals surface area contributed by atoms with Crippen LogP contribution in [0.2, 0.25) is 0 Å². The van der Waals surface area contributed by atoms with E-state index in [1.165, 1.54) is 37.2 Å². The molecule has 2 aliphatic rings. The number of hydrogen-bond acceptors (Lipinski definition) is 3. The normalized spacial score (nSPS) is 29.2. The summed E-state index contributed by atoms with van der Waals surface area (Å²) >= 11 is 0. The minimum Gasteiger partial charge on any atom is -0.315 e. The van der Waals surface area contributed by atoms with Crippen molar-refractivity contribution in [1.29, 1.82) is 0 Å². The molecule has 92 valence electrons. The van der Waals surface area contributed by atoms with Gasteiger partial charge in [0.1, 0.15) is 0 Å². The van der Waals surface area contributed by atoms with E-state index in [0.29, 0.717) is 0 Å². The second kappa shape index (κ2) is 4.75. The van der Waals surface area contributed by atoms with Gasteiger partial charge in [0.05, 0.1) is 5.69 Å². The summed E-state index contributed by atoms with van der Waals surface area (Å²) in [6, 6.07) is 5.07. The van der Waals surface area contributed by atoms with Gasteiger partial charge >= 0.3 is 0 Å². The molecule has 0 amide bonds. The molecular weight excluding hydrogens is 210 g/mol. The van der Waals surface area contributed by atoms with E-state index < -0.39 is 0 Å². The van der Waals surface area contributed by atoms with Gasteiger partial charge in [0.25, 0.3) is 0 Å². The molecule has 1 aromatic heterocycles. The van der Waals surface area contributed by atoms with Crippen LogP contribution in [0.15, 0.2) is 18.3 Å². The first-order valence-electron chi connectivity index (χ1n) is 6.69. The number of likely N-dealkylation sites (tertiary alicyclic amines) is 1. The summed E-state index contributed by atoms with van der Waals surface area (Å²) in [6.07, 6.45) is 4.72. The second-order valence-corrected chi connectivity index (χ2v) is 5.43. The molecule has 1 N–H and O–H groups in total. The third-order valence-electron chi connectivity index (χ3n) is 4.13. The van der Waals surface area contributed by atoms with Crippen molar-refractivity contribution in [3.05, 3.63) is 29.6 Å². The number of piperidine rings is 1. The molecule has 2 saturated heterocycles. The first-order chi connectivity index (χ1) is 8.33. The Kier molecular flexibility index (Phi) is 3.12. The Bertz CT molecular complexity index is 374. The zero-order valence-electron chi connectivity index (χ0n) is 10.5. The topological polar surface area (TPSA) is 28.2 Å². The van der Waals surface area contributed by atoms with Crippen molar-refractivity contribution in [3.8, 4) is 0 Å². The van der Waals surface area contributed by atoms with Crippen LogP contribution in [-0.2, 0) is 6.54 Å². The van der Waals surface area contributed by atoms with Crippen LogP contribution < -0.4 is 5.32 Å². The minimum atomic E-state index is 0.742. The van der Waals surface area contributed by atoms with Crippen LogP contribution >= 0.6 is 0 Å². The Morgan fingerprint density at radius 2 is 2.35 bits per heavy atom. The molecule has 0 bridgehead atoms. The highest BCUT2D eigenvalue weighted by molar-refractivity contribution is 5.12. The third-order valence-corrected chi connectivity index (χ3v) is 4.13. The molecule has 0 spiro atoms. The molecule has 3 heteroatoms. The van der Waals surface area contributed by atoms with Gasteiger partial charge in [0.2, 0.25) is 0 Å². The predicted octanol–water partition coefficient (Wildman–Crippen LogP) is 1.57. The van der Waals surface area contributed by atoms with Crippen molar-refractivity contribution >= 4 is 0 Å². The average molecular weight is 231 g/mol. The predicted molar refractivity (Wildman–Crippen MR) is 68.8 cm³/mol. The Morgan fingerprint density at radius 1 is 1.41 bits per heavy atom. The molecule has 2 aliphatic heterocycles. The van der Waals surface area contributed by atoms with Crippen LogP contribution in [0.25, 0.3) is 0 Å². The van der Waals surface area contributed by atoms with Crippen molar-refractivity contribution in [2.45, 2.75) is 32.4 Å². The van der Waals surface area contributed by atoms with E-state index in [1.54, 1.807) is 0 Å². The van der Waals surface area contributed by atoms with Crippen molar-refractivity contribution in [2.75, 3.05) is 19.6 Å². The monoisotopic (exact) mass is 231 g/mol. The van der Waals surface area contributed by atoms with E-state index in [4.69, 9.17) is 0 Å². The molecule has 0 aromatic carbocycles. The molecule has 17 heavy (non-hydrogen) atoms. The van der Waals surface area contributed by atoms with Gasteiger partial charge in [-0.25, -0.2) is 0 Å². The van der Waals surface area contributed by atoms with E-state index in [-0.39, 0.29) is 0 Å². The number of aryl methyl sites for hydroxylation is 1. The van der Waals surface area contributed by atoms with Gasteiger partial charge in [-0.05, 0) is 50.4 Å². The Balaban J connectivity index is 1.69. The number of pyridine rings is 1. The first kappa shape index (κ1) is 11.2. The molecule has 2 unspecified atom stereocenters. The lowest BCUT2D eigenvalue weighted by Gasteiger charge is -2.36. The van der Waals surface area contributed by atoms with Gasteiger partial charge in [-0.1, -0.05) is 6.07 Å². The van der Waals surface area contributed by atoms with Gasteiger partial charge in [-0.15, -0.1) is 0 Å². The van der Waals surface area contributed by atoms with Gasteiger partial charge in [0, 0.05) is 25.3 Å². The fourth-order valence-corrected chi connectivity index (χ4v) is 3.16. The summed E-state index contributed by atoms with van der Waals surface area (Å²) in [5.41, 5.74) is 2.45. The van der Waals surface area contributed by atoms with Gasteiger partial charge in [0.15, 0.2) is 0 Å². The summed E-state index contributed by atoms with van der Waals surface area (Å²) in [5, 5.41) is 3.53. The van der Waals surface area contributed by atoms with Crippen molar-refractivity contribution in [1.82, 2.24) is 15.2 Å². The summed E-state index contributed by atoms with van der Waals surface area (Å²) in [4.78, 5) is 7.14. The zero-order chi connectivity index (χ0) is 11.7. The van der Waals surface area contributed by atoms with E-state index in [1.807, 2.05) is 6.20 Å². The molecule has 0 saturated carbocycles. The summed E-state index contributed by atoms with van der Waals surface area (Å²) in [5.74, 6) is 0.870. The Labute approximate surface area is 103 Å². The molecule has 1 aromatic rings. The SMILES string of the molecule is Cc1ccc(CN2CCCC3CNCC32)nc1. The lowest BCUT2D eigenvalue weighted by Crippen LogP contribution is -2.44. The van der Waals surface area contributed by atoms with E-state index >= 15 is 0 Å². The number of fused-ring (bicyclic) bond motifs is 1. The number of rotatable bonds is 2. The van der Waals surface area contributed by atoms with Crippen LogP contribution in [0, 0.1) is 12.8 Å². The van der Waals surface area contributed by atoms with E-state index in [9.17, 15) is 0 Å². The molecule has 3 rings (SSSR count). The molecular formula is C14H21N3. The highest BCUT2D eigenvalue weighted by atomic mass is 15.2. The van der Waals surface area contributed by atoms with Crippen LogP contribution in [0.1, 0.15) is 24.1 Å². The largest absolute Gasteiger partial charge is 0.315 e. The van der Waals surface area contributed by atoms with Gasteiger partial charge < -0.3 is 5.32 Å². The molecule has 0 radical (unpaired) electrons. The zero-order valence-corrected chi connectivity index (χ0v) is 10.5. The van der Waals surface area contributed by atoms with Crippen molar-refractivity contribution < 1.29 is 0 Å². The van der Waals surface area contributed by atoms with Crippen molar-refractivity contribution in [2.24, 2.45) is 5.92 Å². The van der Waals surface area contributed by atoms with Gasteiger partial charge in [-0.2, -0.15) is 0 Å². The lowest BCUT2D eigenvalue weighted by atomic mass is 9.92. The average Bonchev–Trinajstić information content (AvgIpc) is 2.81. The maximum absolute atomic E-state index is 4.52. The standard InChI is InChI=1S/C14H21N3/c1-11-4-5-13(16-7-11)10-17-6-2-3-12-8-15-9-14(12)17/h4-5,7,12,14-15H,2-3,6,8-10H2,1H3. The van der Waals surface area contributed by atoms with E-state index in [2.05, 4.69) is 34.3 Å². The van der Waals surface area contributed by atoms with Crippen LogP contribution in [-0.4, -0.2) is 35.6 Å².